The second kappa shape index (κ2) is 11.9. The molecule has 0 bridgehead atoms. The third kappa shape index (κ3) is 5.62. The molecule has 208 valence electrons. The van der Waals surface area contributed by atoms with Crippen molar-refractivity contribution in [1.82, 2.24) is 0 Å². The Labute approximate surface area is 250 Å². The van der Waals surface area contributed by atoms with Crippen molar-refractivity contribution in [2.75, 3.05) is 23.7 Å². The maximum atomic E-state index is 14.2. The lowest BCUT2D eigenvalue weighted by molar-refractivity contribution is 0.103. The highest BCUT2D eigenvalue weighted by Gasteiger charge is 2.32. The lowest BCUT2D eigenvalue weighted by Crippen LogP contribution is -2.24. The molecule has 5 aromatic rings. The molecule has 0 spiro atoms. The lowest BCUT2D eigenvalue weighted by Gasteiger charge is -2.26. The first kappa shape index (κ1) is 27.2. The maximum Gasteiger partial charge on any atom is 0.196 e. The minimum absolute atomic E-state index is 0.0549. The number of thiocarbonyl (C=S) groups is 1. The van der Waals surface area contributed by atoms with E-state index in [1.54, 1.807) is 24.3 Å². The van der Waals surface area contributed by atoms with Gasteiger partial charge in [0.15, 0.2) is 5.78 Å². The van der Waals surface area contributed by atoms with Gasteiger partial charge in [-0.15, -0.1) is 0 Å². The average molecular weight is 571 g/mol. The number of fused-ring (bicyclic) bond motifs is 2. The third-order valence-corrected chi connectivity index (χ3v) is 8.03. The molecule has 4 N–H and O–H groups in total. The van der Waals surface area contributed by atoms with Crippen LogP contribution >= 0.6 is 12.2 Å². The van der Waals surface area contributed by atoms with Crippen LogP contribution < -0.4 is 10.6 Å². The summed E-state index contributed by atoms with van der Waals surface area (Å²) in [7, 11) is 0. The zero-order valence-electron chi connectivity index (χ0n) is 22.9. The van der Waals surface area contributed by atoms with Gasteiger partial charge in [0.1, 0.15) is 11.5 Å². The summed E-state index contributed by atoms with van der Waals surface area (Å²) in [5, 5.41) is 26.2. The summed E-state index contributed by atoms with van der Waals surface area (Å²) in [5.74, 6) is 0.426. The number of nitrogens with one attached hydrogen (secondary N) is 2. The van der Waals surface area contributed by atoms with Crippen molar-refractivity contribution in [3.05, 3.63) is 143 Å². The van der Waals surface area contributed by atoms with Gasteiger partial charge in [-0.3, -0.25) is 4.79 Å². The van der Waals surface area contributed by atoms with Gasteiger partial charge in [0, 0.05) is 41.2 Å². The predicted octanol–water partition coefficient (Wildman–Crippen LogP) is 7.38. The molecule has 5 nitrogen and oxygen atoms in total. The third-order valence-electron chi connectivity index (χ3n) is 7.61. The molecular formula is C36H30N2O3S. The van der Waals surface area contributed by atoms with Crippen LogP contribution in [0.5, 0.6) is 11.5 Å². The zero-order chi connectivity index (χ0) is 29.1. The van der Waals surface area contributed by atoms with Crippen molar-refractivity contribution >= 4 is 34.2 Å². The van der Waals surface area contributed by atoms with Crippen LogP contribution in [0.2, 0.25) is 0 Å². The highest BCUT2D eigenvalue weighted by molar-refractivity contribution is 7.81. The van der Waals surface area contributed by atoms with Crippen molar-refractivity contribution in [2.24, 2.45) is 0 Å². The standard InChI is InChI=1S/C36H30N2O3S/c39-27-11-6-23(7-12-27)18-20-37-31-16-17-32(38-21-19-24-8-13-28(40)14-9-24)34-33(31)35(41)30-22-26(10-15-29(30)36(34)42)25-4-2-1-3-5-25/h1-17,22,37-40H,18-21H2. The van der Waals surface area contributed by atoms with Crippen LogP contribution in [-0.2, 0) is 12.8 Å². The average Bonchev–Trinajstić information content (AvgIpc) is 3.02. The molecule has 6 rings (SSSR count). The Bertz CT molecular complexity index is 1770. The maximum absolute atomic E-state index is 14.2. The van der Waals surface area contributed by atoms with Crippen LogP contribution in [0.1, 0.15) is 38.2 Å². The summed E-state index contributed by atoms with van der Waals surface area (Å²) in [4.78, 5) is 14.9. The van der Waals surface area contributed by atoms with Crippen molar-refractivity contribution < 1.29 is 15.0 Å². The molecule has 5 aromatic carbocycles. The van der Waals surface area contributed by atoms with E-state index < -0.39 is 0 Å². The second-order valence-corrected chi connectivity index (χ2v) is 10.8. The van der Waals surface area contributed by atoms with E-state index in [2.05, 4.69) is 10.6 Å². The van der Waals surface area contributed by atoms with Crippen LogP contribution in [0.4, 0.5) is 11.4 Å². The molecule has 0 radical (unpaired) electrons. The van der Waals surface area contributed by atoms with Gasteiger partial charge in [0.25, 0.3) is 0 Å². The second-order valence-electron chi connectivity index (χ2n) is 10.4. The summed E-state index contributed by atoms with van der Waals surface area (Å²) in [5.41, 5.74) is 8.47. The number of carbonyl (C=O) groups is 1. The fraction of sp³-hybridized carbons (Fsp3) is 0.111. The number of ketones is 1. The number of benzene rings is 5. The predicted molar refractivity (Wildman–Crippen MR) is 173 cm³/mol. The van der Waals surface area contributed by atoms with Gasteiger partial charge >= 0.3 is 0 Å². The quantitative estimate of drug-likeness (QED) is 0.136. The van der Waals surface area contributed by atoms with Crippen LogP contribution in [0.3, 0.4) is 0 Å². The summed E-state index contributed by atoms with van der Waals surface area (Å²) in [6.45, 7) is 1.25. The van der Waals surface area contributed by atoms with E-state index in [-0.39, 0.29) is 17.3 Å². The molecule has 0 atom stereocenters. The molecule has 1 aliphatic carbocycles. The molecule has 42 heavy (non-hydrogen) atoms. The summed E-state index contributed by atoms with van der Waals surface area (Å²) in [6, 6.07) is 34.2. The van der Waals surface area contributed by atoms with Gasteiger partial charge in [0.2, 0.25) is 0 Å². The number of hydrogen-bond acceptors (Lipinski definition) is 6. The number of phenolic OH excluding ortho intramolecular Hbond substituents is 2. The molecule has 0 aliphatic heterocycles. The van der Waals surface area contributed by atoms with Gasteiger partial charge in [0.05, 0.1) is 10.4 Å². The zero-order valence-corrected chi connectivity index (χ0v) is 23.7. The minimum atomic E-state index is -0.0549. The van der Waals surface area contributed by atoms with Gasteiger partial charge in [-0.05, 0) is 77.6 Å². The Kier molecular flexibility index (Phi) is 7.71. The number of rotatable bonds is 9. The topological polar surface area (TPSA) is 81.6 Å². The first-order chi connectivity index (χ1) is 20.5. The van der Waals surface area contributed by atoms with Crippen molar-refractivity contribution in [2.45, 2.75) is 12.8 Å². The van der Waals surface area contributed by atoms with E-state index in [4.69, 9.17) is 12.2 Å². The molecule has 0 amide bonds. The van der Waals surface area contributed by atoms with Crippen LogP contribution in [0.25, 0.3) is 11.1 Å². The van der Waals surface area contributed by atoms with E-state index in [9.17, 15) is 15.0 Å². The Balaban J connectivity index is 1.32. The monoisotopic (exact) mass is 570 g/mol. The van der Waals surface area contributed by atoms with E-state index in [0.29, 0.717) is 29.1 Å². The highest BCUT2D eigenvalue weighted by atomic mass is 32.1. The molecule has 0 aromatic heterocycles. The first-order valence-electron chi connectivity index (χ1n) is 14.0. The number of aromatic hydroxyl groups is 2. The molecule has 0 saturated heterocycles. The summed E-state index contributed by atoms with van der Waals surface area (Å²) >= 11 is 6.06. The lowest BCUT2D eigenvalue weighted by atomic mass is 9.81. The Morgan fingerprint density at radius 3 is 1.69 bits per heavy atom. The molecule has 0 saturated carbocycles. The van der Waals surface area contributed by atoms with E-state index in [1.165, 1.54) is 0 Å². The number of carbonyl (C=O) groups excluding carboxylic acids is 1. The molecule has 6 heteroatoms. The fourth-order valence-electron chi connectivity index (χ4n) is 5.39. The Morgan fingerprint density at radius 1 is 0.571 bits per heavy atom. The molecule has 0 heterocycles. The van der Waals surface area contributed by atoms with Crippen molar-refractivity contribution in [3.8, 4) is 22.6 Å². The normalized spacial score (nSPS) is 12.0. The summed E-state index contributed by atoms with van der Waals surface area (Å²) < 4.78 is 0. The van der Waals surface area contributed by atoms with Gasteiger partial charge in [-0.25, -0.2) is 0 Å². The van der Waals surface area contributed by atoms with E-state index >= 15 is 0 Å². The Morgan fingerprint density at radius 2 is 1.12 bits per heavy atom. The number of phenols is 2. The smallest absolute Gasteiger partial charge is 0.196 e. The minimum Gasteiger partial charge on any atom is -0.508 e. The number of anilines is 2. The summed E-state index contributed by atoms with van der Waals surface area (Å²) in [6.07, 6.45) is 1.48. The molecule has 0 fully saturated rings. The van der Waals surface area contributed by atoms with E-state index in [0.717, 1.165) is 57.6 Å². The number of hydrogen-bond donors (Lipinski definition) is 4. The van der Waals surface area contributed by atoms with Gasteiger partial charge in [-0.1, -0.05) is 78.9 Å². The van der Waals surface area contributed by atoms with Gasteiger partial charge < -0.3 is 20.8 Å². The first-order valence-corrected chi connectivity index (χ1v) is 14.4. The largest absolute Gasteiger partial charge is 0.508 e. The van der Waals surface area contributed by atoms with E-state index in [1.807, 2.05) is 84.9 Å². The molecular weight excluding hydrogens is 540 g/mol. The fourth-order valence-corrected chi connectivity index (χ4v) is 5.78. The highest BCUT2D eigenvalue weighted by Crippen LogP contribution is 2.38. The van der Waals surface area contributed by atoms with Crippen LogP contribution in [0.15, 0.2) is 109 Å². The van der Waals surface area contributed by atoms with Crippen LogP contribution in [0, 0.1) is 0 Å². The SMILES string of the molecule is O=C1c2cc(-c3ccccc3)ccc2C(=S)c2c(NCCc3ccc(O)cc3)ccc(NCCc3ccc(O)cc3)c21. The molecule has 1 aliphatic rings. The van der Waals surface area contributed by atoms with Crippen molar-refractivity contribution in [3.63, 3.8) is 0 Å². The van der Waals surface area contributed by atoms with Gasteiger partial charge in [-0.2, -0.15) is 0 Å². The van der Waals surface area contributed by atoms with Crippen LogP contribution in [-0.4, -0.2) is 34.0 Å². The van der Waals surface area contributed by atoms with Crippen molar-refractivity contribution in [1.29, 1.82) is 0 Å². The Hall–Kier alpha value is -4.94. The molecule has 0 unspecified atom stereocenters.